The summed E-state index contributed by atoms with van der Waals surface area (Å²) in [6.45, 7) is 58.5. The summed E-state index contributed by atoms with van der Waals surface area (Å²) >= 11 is 0. The first-order valence-corrected chi connectivity index (χ1v) is 41.0. The van der Waals surface area contributed by atoms with Gasteiger partial charge in [-0.25, -0.2) is 8.78 Å². The third-order valence-electron chi connectivity index (χ3n) is 23.5. The molecule has 1 heterocycles. The second-order valence-electron chi connectivity index (χ2n) is 41.1. The lowest BCUT2D eigenvalue weighted by molar-refractivity contribution is 0.105. The van der Waals surface area contributed by atoms with Gasteiger partial charge in [-0.2, -0.15) is 0 Å². The Hall–Kier alpha value is -9.14. The van der Waals surface area contributed by atoms with Crippen molar-refractivity contribution in [3.05, 3.63) is 231 Å². The Balaban J connectivity index is 0.935. The van der Waals surface area contributed by atoms with E-state index in [9.17, 15) is 10.2 Å². The van der Waals surface area contributed by atoms with Crippen LogP contribution in [0.1, 0.15) is 246 Å². The summed E-state index contributed by atoms with van der Waals surface area (Å²) in [4.78, 5) is 0. The van der Waals surface area contributed by atoms with Crippen molar-refractivity contribution in [2.45, 2.75) is 251 Å². The van der Waals surface area contributed by atoms with Gasteiger partial charge in [0.2, 0.25) is 0 Å². The molecule has 10 aromatic carbocycles. The number of aryl methyl sites for hydroxylation is 4. The summed E-state index contributed by atoms with van der Waals surface area (Å²) in [5.41, 5.74) is 21.5. The van der Waals surface area contributed by atoms with E-state index < -0.39 is 17.0 Å². The van der Waals surface area contributed by atoms with E-state index in [1.165, 1.54) is 52.1 Å². The summed E-state index contributed by atoms with van der Waals surface area (Å²) in [7, 11) is 0. The summed E-state index contributed by atoms with van der Waals surface area (Å²) < 4.78 is 49.7. The number of hydrogen-bond donors (Lipinski definition) is 3. The summed E-state index contributed by atoms with van der Waals surface area (Å²) in [6.07, 6.45) is 5.39. The summed E-state index contributed by atoms with van der Waals surface area (Å²) in [6, 6.07) is 57.1. The number of rotatable bonds is 18. The highest BCUT2D eigenvalue weighted by Crippen LogP contribution is 2.52. The molecule has 1 fully saturated rings. The Kier molecular flexibility index (Phi) is 22.3. The lowest BCUT2D eigenvalue weighted by atomic mass is 9.71. The number of ether oxygens (including phenoxy) is 2. The summed E-state index contributed by atoms with van der Waals surface area (Å²) in [5.74, 6) is 0.218. The van der Waals surface area contributed by atoms with Crippen molar-refractivity contribution in [1.29, 1.82) is 0 Å². The van der Waals surface area contributed by atoms with Gasteiger partial charge in [-0.15, -0.1) is 0 Å². The van der Waals surface area contributed by atoms with Crippen LogP contribution in [0.15, 0.2) is 164 Å². The molecular weight excluding hydrogens is 1380 g/mol. The molecule has 1 aliphatic rings. The van der Waals surface area contributed by atoms with Gasteiger partial charge in [0.1, 0.15) is 34.6 Å². The number of fused-ring (bicyclic) bond motifs is 3. The van der Waals surface area contributed by atoms with Crippen molar-refractivity contribution in [3.63, 3.8) is 0 Å². The van der Waals surface area contributed by atoms with Gasteiger partial charge in [-0.1, -0.05) is 262 Å². The standard InChI is InChI=1S/C104H126F2N2O4/c1-62-31-38-82-83-39-32-63(2)42-91(83)108(90(82)41-62)92-55-78(104(25,26)61-98(8,9)10)53-85(94(92)110)87-57-80(106)44-65(4)96(87)112-59-70-30-28-27-29-69(70)58-111-95-64(3)43-79(105)56-86(95)84-52-77(103(23,24)60-97(5,6)7)54-89(93(84)109)107-88-49-68(72-47-75(101(17,18)19)51-76(48-72)102(20,21)22)37-40-81(88)67-35-33-66(34-36-67)71-45-73(99(11,12)13)50-74(46-71)100(14,15)16/h31-57,69-70,107,109-110H,27-30,58-61H2,1-26H3/t69-,70-/m0/s1. The van der Waals surface area contributed by atoms with Crippen molar-refractivity contribution in [2.75, 3.05) is 18.5 Å². The van der Waals surface area contributed by atoms with E-state index in [1.807, 2.05) is 13.8 Å². The molecule has 6 nitrogen and oxygen atoms in total. The van der Waals surface area contributed by atoms with Gasteiger partial charge in [-0.3, -0.25) is 0 Å². The number of phenols is 2. The Morgan fingerprint density at radius 1 is 0.366 bits per heavy atom. The molecule has 0 aliphatic heterocycles. The highest BCUT2D eigenvalue weighted by molar-refractivity contribution is 6.10. The molecule has 590 valence electrons. The number of benzene rings is 10. The van der Waals surface area contributed by atoms with E-state index in [1.54, 1.807) is 0 Å². The fourth-order valence-electron chi connectivity index (χ4n) is 17.8. The number of nitrogens with zero attached hydrogens (tertiary/aromatic N) is 1. The van der Waals surface area contributed by atoms with Crippen LogP contribution in [-0.4, -0.2) is 28.0 Å². The number of phenolic OH excluding ortho intramolecular Hbond substituents is 2. The zero-order valence-electron chi connectivity index (χ0n) is 72.3. The second-order valence-corrected chi connectivity index (χ2v) is 41.1. The van der Waals surface area contributed by atoms with E-state index in [4.69, 9.17) is 9.47 Å². The molecule has 8 heteroatoms. The average molecular weight is 1510 g/mol. The molecule has 1 aromatic heterocycles. The molecule has 0 bridgehead atoms. The first-order chi connectivity index (χ1) is 52.0. The van der Waals surface area contributed by atoms with E-state index in [2.05, 4.69) is 316 Å². The first-order valence-electron chi connectivity index (χ1n) is 41.0. The quantitative estimate of drug-likeness (QED) is 0.0747. The zero-order valence-corrected chi connectivity index (χ0v) is 72.3. The van der Waals surface area contributed by atoms with Crippen molar-refractivity contribution in [3.8, 4) is 84.3 Å². The van der Waals surface area contributed by atoms with Gasteiger partial charge >= 0.3 is 0 Å². The second kappa shape index (κ2) is 30.3. The van der Waals surface area contributed by atoms with E-state index in [0.29, 0.717) is 69.5 Å². The third kappa shape index (κ3) is 17.9. The largest absolute Gasteiger partial charge is 0.505 e. The van der Waals surface area contributed by atoms with Crippen LogP contribution >= 0.6 is 0 Å². The molecule has 1 saturated carbocycles. The third-order valence-corrected chi connectivity index (χ3v) is 23.5. The number of nitrogens with one attached hydrogen (secondary N) is 1. The SMILES string of the molecule is Cc1ccc2c3ccc(C)cc3n(-c3cc(C(C)(C)CC(C)(C)C)cc(-c4cc(F)cc(C)c4OC[C@@H]4CCCC[C@H]4COc4c(C)cc(F)cc4-c4cc(C(C)(C)CC(C)(C)C)cc(Nc5cc(-c6cc(C(C)(C)C)cc(C(C)(C)C)c6)ccc5-c5ccc(-c6cc(C(C)(C)C)cc(C(C)(C)C)c6)cc5)c4O)c3O)c2c1. The number of hydrogen-bond acceptors (Lipinski definition) is 5. The molecule has 0 saturated heterocycles. The molecule has 0 spiro atoms. The maximum atomic E-state index is 16.7. The minimum Gasteiger partial charge on any atom is -0.505 e. The van der Waals surface area contributed by atoms with Crippen LogP contribution in [0.25, 0.3) is 83.1 Å². The molecule has 0 radical (unpaired) electrons. The van der Waals surface area contributed by atoms with Crippen molar-refractivity contribution >= 4 is 33.2 Å². The van der Waals surface area contributed by atoms with Crippen LogP contribution in [0.3, 0.4) is 0 Å². The van der Waals surface area contributed by atoms with Crippen LogP contribution in [0.4, 0.5) is 20.2 Å². The molecule has 12 rings (SSSR count). The molecule has 0 unspecified atom stereocenters. The van der Waals surface area contributed by atoms with Crippen molar-refractivity contribution < 1.29 is 28.5 Å². The van der Waals surface area contributed by atoms with E-state index in [0.717, 1.165) is 116 Å². The molecule has 112 heavy (non-hydrogen) atoms. The minimum absolute atomic E-state index is 0.0137. The monoisotopic (exact) mass is 1500 g/mol. The highest BCUT2D eigenvalue weighted by atomic mass is 19.1. The normalized spacial score (nSPS) is 15.0. The van der Waals surface area contributed by atoms with E-state index >= 15 is 8.78 Å². The lowest BCUT2D eigenvalue weighted by Crippen LogP contribution is -2.30. The Labute approximate surface area is 669 Å². The maximum absolute atomic E-state index is 16.7. The van der Waals surface area contributed by atoms with Gasteiger partial charge < -0.3 is 29.6 Å². The number of anilines is 2. The van der Waals surface area contributed by atoms with Crippen molar-refractivity contribution in [1.82, 2.24) is 4.57 Å². The highest BCUT2D eigenvalue weighted by Gasteiger charge is 2.36. The molecule has 11 aromatic rings. The minimum atomic E-state index is -0.436. The maximum Gasteiger partial charge on any atom is 0.147 e. The van der Waals surface area contributed by atoms with Crippen LogP contribution in [-0.2, 0) is 32.5 Å². The average Bonchev–Trinajstić information content (AvgIpc) is 1.53. The predicted molar refractivity (Wildman–Crippen MR) is 472 cm³/mol. The topological polar surface area (TPSA) is 75.9 Å². The zero-order chi connectivity index (χ0) is 81.7. The Morgan fingerprint density at radius 2 is 0.759 bits per heavy atom. The fourth-order valence-corrected chi connectivity index (χ4v) is 17.8. The predicted octanol–water partition coefficient (Wildman–Crippen LogP) is 29.7. The van der Waals surface area contributed by atoms with Gasteiger partial charge in [0, 0.05) is 44.3 Å². The van der Waals surface area contributed by atoms with Crippen molar-refractivity contribution in [2.24, 2.45) is 22.7 Å². The Morgan fingerprint density at radius 3 is 1.18 bits per heavy atom. The van der Waals surface area contributed by atoms with Crippen LogP contribution < -0.4 is 14.8 Å². The fraction of sp³-hybridized carbons (Fsp3) is 0.423. The summed E-state index contributed by atoms with van der Waals surface area (Å²) in [5, 5.41) is 32.7. The van der Waals surface area contributed by atoms with Crippen LogP contribution in [0.5, 0.6) is 23.0 Å². The van der Waals surface area contributed by atoms with E-state index in [-0.39, 0.29) is 61.2 Å². The first kappa shape index (κ1) is 82.3. The number of aromatic nitrogens is 1. The molecular formula is C104H126F2N2O4. The van der Waals surface area contributed by atoms with Crippen LogP contribution in [0, 0.1) is 62.0 Å². The Bertz CT molecular complexity index is 5240. The van der Waals surface area contributed by atoms with Crippen LogP contribution in [0.2, 0.25) is 0 Å². The number of aromatic hydroxyl groups is 2. The molecule has 1 aliphatic carbocycles. The lowest BCUT2D eigenvalue weighted by Gasteiger charge is -2.34. The molecule has 3 N–H and O–H groups in total. The molecule has 2 atom stereocenters. The number of halogens is 2. The molecule has 0 amide bonds. The van der Waals surface area contributed by atoms with Gasteiger partial charge in [0.25, 0.3) is 0 Å². The van der Waals surface area contributed by atoms with Gasteiger partial charge in [0.15, 0.2) is 0 Å². The van der Waals surface area contributed by atoms with Gasteiger partial charge in [0.05, 0.1) is 35.6 Å². The van der Waals surface area contributed by atoms with Gasteiger partial charge in [-0.05, 0) is 259 Å². The smallest absolute Gasteiger partial charge is 0.147 e.